The van der Waals surface area contributed by atoms with E-state index in [0.29, 0.717) is 12.8 Å². The predicted molar refractivity (Wildman–Crippen MR) is 105 cm³/mol. The summed E-state index contributed by atoms with van der Waals surface area (Å²) >= 11 is 0. The molecule has 8 nitrogen and oxygen atoms in total. The van der Waals surface area contributed by atoms with E-state index in [2.05, 4.69) is 6.58 Å². The number of allylic oxidation sites excluding steroid dienone is 1. The first-order chi connectivity index (χ1) is 13.3. The molecule has 0 aromatic rings. The molecule has 8 heteroatoms. The van der Waals surface area contributed by atoms with E-state index >= 15 is 0 Å². The third-order valence-corrected chi connectivity index (χ3v) is 7.56. The molecule has 0 unspecified atom stereocenters. The number of carbonyl (C=O) groups is 2. The van der Waals surface area contributed by atoms with Crippen molar-refractivity contribution in [2.75, 3.05) is 0 Å². The van der Waals surface area contributed by atoms with E-state index in [9.17, 15) is 24.9 Å². The van der Waals surface area contributed by atoms with Crippen molar-refractivity contribution in [3.63, 3.8) is 0 Å². The molecule has 0 spiro atoms. The van der Waals surface area contributed by atoms with E-state index in [1.54, 1.807) is 19.9 Å². The monoisotopic (exact) mass is 413 g/mol. The molecule has 29 heavy (non-hydrogen) atoms. The molecular weight excluding hydrogens is 378 g/mol. The summed E-state index contributed by atoms with van der Waals surface area (Å²) in [6.07, 6.45) is -2.18. The molecule has 0 saturated heterocycles. The van der Waals surface area contributed by atoms with Crippen LogP contribution in [0.3, 0.4) is 0 Å². The molecule has 0 aliphatic heterocycles. The van der Waals surface area contributed by atoms with Crippen molar-refractivity contribution in [3.05, 3.63) is 12.7 Å². The number of hydrogen-bond acceptors (Lipinski definition) is 7. The van der Waals surface area contributed by atoms with Gasteiger partial charge in [-0.2, -0.15) is 0 Å². The van der Waals surface area contributed by atoms with E-state index in [1.807, 2.05) is 13.8 Å². The van der Waals surface area contributed by atoms with Crippen molar-refractivity contribution in [2.24, 2.45) is 28.6 Å². The van der Waals surface area contributed by atoms with Gasteiger partial charge in [0.15, 0.2) is 5.78 Å². The van der Waals surface area contributed by atoms with Crippen LogP contribution >= 0.6 is 0 Å². The van der Waals surface area contributed by atoms with Crippen molar-refractivity contribution >= 4 is 11.9 Å². The van der Waals surface area contributed by atoms with Gasteiger partial charge in [0.2, 0.25) is 0 Å². The summed E-state index contributed by atoms with van der Waals surface area (Å²) in [5.41, 5.74) is -2.62. The SMILES string of the molecule is C=C[C@@H](C)CC(=O)[C@@]1(O)[C@@H](C)[C@@H](OC(=O)NO)[C@@H](O)[C@H]2C(C)(C)CC[C@H](O)[C@@]21C. The zero-order valence-corrected chi connectivity index (χ0v) is 17.9. The van der Waals surface area contributed by atoms with Crippen molar-refractivity contribution in [1.82, 2.24) is 5.48 Å². The number of ketones is 1. The molecule has 0 heterocycles. The Kier molecular flexibility index (Phi) is 6.55. The highest BCUT2D eigenvalue weighted by atomic mass is 16.6. The molecule has 2 rings (SSSR count). The molecule has 2 aliphatic carbocycles. The van der Waals surface area contributed by atoms with E-state index < -0.39 is 58.5 Å². The Morgan fingerprint density at radius 3 is 2.41 bits per heavy atom. The van der Waals surface area contributed by atoms with Crippen LogP contribution in [0, 0.1) is 28.6 Å². The summed E-state index contributed by atoms with van der Waals surface area (Å²) < 4.78 is 5.20. The predicted octanol–water partition coefficient (Wildman–Crippen LogP) is 1.80. The number of rotatable bonds is 5. The van der Waals surface area contributed by atoms with Crippen LogP contribution in [0.15, 0.2) is 12.7 Å². The fourth-order valence-corrected chi connectivity index (χ4v) is 5.91. The van der Waals surface area contributed by atoms with Gasteiger partial charge in [-0.05, 0) is 24.2 Å². The van der Waals surface area contributed by atoms with Crippen LogP contribution < -0.4 is 5.48 Å². The minimum atomic E-state index is -2.06. The largest absolute Gasteiger partial charge is 0.442 e. The third kappa shape index (κ3) is 3.50. The number of aliphatic hydroxyl groups excluding tert-OH is 2. The molecule has 0 aromatic carbocycles. The van der Waals surface area contributed by atoms with Gasteiger partial charge in [-0.1, -0.05) is 40.7 Å². The smallest absolute Gasteiger partial charge is 0.431 e. The Hall–Kier alpha value is -1.48. The van der Waals surface area contributed by atoms with E-state index in [1.165, 1.54) is 12.4 Å². The molecule has 2 aliphatic rings. The quantitative estimate of drug-likeness (QED) is 0.263. The summed E-state index contributed by atoms with van der Waals surface area (Å²) in [7, 11) is 0. The van der Waals surface area contributed by atoms with Crippen LogP contribution in [0.1, 0.15) is 53.9 Å². The number of Topliss-reactive ketones (excluding diaryl/α,β-unsaturated/α-hetero) is 1. The van der Waals surface area contributed by atoms with Crippen LogP contribution in [0.25, 0.3) is 0 Å². The number of fused-ring (bicyclic) bond motifs is 1. The first-order valence-electron chi connectivity index (χ1n) is 10.1. The Labute approximate surface area is 171 Å². The molecule has 2 fully saturated rings. The highest BCUT2D eigenvalue weighted by molar-refractivity contribution is 5.89. The molecule has 8 atom stereocenters. The van der Waals surface area contributed by atoms with Gasteiger partial charge in [0.05, 0.1) is 12.2 Å². The average molecular weight is 414 g/mol. The lowest BCUT2D eigenvalue weighted by molar-refractivity contribution is -0.291. The highest BCUT2D eigenvalue weighted by Gasteiger charge is 2.73. The fraction of sp³-hybridized carbons (Fsp3) is 0.810. The Morgan fingerprint density at radius 1 is 1.31 bits per heavy atom. The molecule has 1 amide bonds. The maximum absolute atomic E-state index is 13.4. The minimum Gasteiger partial charge on any atom is -0.442 e. The lowest BCUT2D eigenvalue weighted by Gasteiger charge is -2.66. The lowest BCUT2D eigenvalue weighted by atomic mass is 9.41. The van der Waals surface area contributed by atoms with E-state index in [0.717, 1.165) is 0 Å². The summed E-state index contributed by atoms with van der Waals surface area (Å²) in [5, 5.41) is 43.0. The summed E-state index contributed by atoms with van der Waals surface area (Å²) in [6, 6.07) is 0. The zero-order valence-electron chi connectivity index (χ0n) is 17.9. The van der Waals surface area contributed by atoms with Crippen molar-refractivity contribution < 1.29 is 34.9 Å². The highest BCUT2D eigenvalue weighted by Crippen LogP contribution is 2.63. The second kappa shape index (κ2) is 7.98. The number of amides is 1. The van der Waals surface area contributed by atoms with Gasteiger partial charge in [-0.25, -0.2) is 10.3 Å². The van der Waals surface area contributed by atoms with Gasteiger partial charge >= 0.3 is 6.09 Å². The number of hydrogen-bond donors (Lipinski definition) is 5. The fourth-order valence-electron chi connectivity index (χ4n) is 5.91. The molecule has 0 aromatic heterocycles. The third-order valence-electron chi connectivity index (χ3n) is 7.56. The van der Waals surface area contributed by atoms with Crippen LogP contribution in [0.5, 0.6) is 0 Å². The molecule has 166 valence electrons. The van der Waals surface area contributed by atoms with Crippen LogP contribution in [0.2, 0.25) is 0 Å². The minimum absolute atomic E-state index is 0.00515. The first kappa shape index (κ1) is 23.8. The number of hydroxylamine groups is 1. The average Bonchev–Trinajstić information content (AvgIpc) is 2.66. The van der Waals surface area contributed by atoms with Crippen LogP contribution in [0.4, 0.5) is 4.79 Å². The topological polar surface area (TPSA) is 136 Å². The van der Waals surface area contributed by atoms with Crippen LogP contribution in [-0.4, -0.2) is 56.3 Å². The lowest BCUT2D eigenvalue weighted by Crippen LogP contribution is -2.77. The van der Waals surface area contributed by atoms with E-state index in [-0.39, 0.29) is 12.3 Å². The molecule has 0 radical (unpaired) electrons. The summed E-state index contributed by atoms with van der Waals surface area (Å²) in [5.74, 6) is -2.46. The van der Waals surface area contributed by atoms with Crippen molar-refractivity contribution in [1.29, 1.82) is 0 Å². The van der Waals surface area contributed by atoms with E-state index in [4.69, 9.17) is 9.94 Å². The Balaban J connectivity index is 2.67. The number of nitrogens with one attached hydrogen (secondary N) is 1. The molecule has 2 saturated carbocycles. The number of ether oxygens (including phenoxy) is 1. The van der Waals surface area contributed by atoms with Crippen molar-refractivity contribution in [2.45, 2.75) is 77.8 Å². The maximum atomic E-state index is 13.4. The number of aliphatic hydroxyl groups is 3. The first-order valence-corrected chi connectivity index (χ1v) is 10.1. The molecular formula is C21H35NO7. The molecule has 0 bridgehead atoms. The summed E-state index contributed by atoms with van der Waals surface area (Å²) in [6.45, 7) is 12.5. The van der Waals surface area contributed by atoms with Gasteiger partial charge < -0.3 is 20.1 Å². The molecule has 5 N–H and O–H groups in total. The van der Waals surface area contributed by atoms with Gasteiger partial charge in [0.1, 0.15) is 11.7 Å². The zero-order chi connectivity index (χ0) is 22.4. The van der Waals surface area contributed by atoms with Crippen molar-refractivity contribution in [3.8, 4) is 0 Å². The van der Waals surface area contributed by atoms with Gasteiger partial charge in [0.25, 0.3) is 0 Å². The van der Waals surface area contributed by atoms with Gasteiger partial charge in [0, 0.05) is 23.7 Å². The van der Waals surface area contributed by atoms with Crippen LogP contribution in [-0.2, 0) is 9.53 Å². The normalized spacial score (nSPS) is 42.3. The standard InChI is InChI=1S/C21H35NO7/c1-7-11(2)10-14(24)21(27)12(3)16(29-18(26)22-28)15(25)17-19(4,5)9-8-13(23)20(17,21)6/h7,11-13,15-17,23,25,27-28H,1,8-10H2,2-6H3,(H,22,26)/t11-,12+,13+,15-,16-,17+,20+,21+/m1/s1. The Bertz CT molecular complexity index is 665. The second-order valence-electron chi connectivity index (χ2n) is 9.67. The summed E-state index contributed by atoms with van der Waals surface area (Å²) in [4.78, 5) is 25.1. The van der Waals surface area contributed by atoms with Gasteiger partial charge in [-0.15, -0.1) is 6.58 Å². The van der Waals surface area contributed by atoms with Gasteiger partial charge in [-0.3, -0.25) is 10.0 Å². The number of carbonyl (C=O) groups excluding carboxylic acids is 2. The Morgan fingerprint density at radius 2 is 1.90 bits per heavy atom. The second-order valence-corrected chi connectivity index (χ2v) is 9.67. The maximum Gasteiger partial charge on any atom is 0.431 e.